The van der Waals surface area contributed by atoms with Crippen LogP contribution in [0.3, 0.4) is 0 Å². The van der Waals surface area contributed by atoms with Crippen LogP contribution in [-0.4, -0.2) is 6.54 Å². The summed E-state index contributed by atoms with van der Waals surface area (Å²) in [6.07, 6.45) is 1.18. The van der Waals surface area contributed by atoms with Crippen molar-refractivity contribution in [1.82, 2.24) is 5.32 Å². The van der Waals surface area contributed by atoms with Crippen LogP contribution >= 0.6 is 11.3 Å². The molecule has 0 radical (unpaired) electrons. The highest BCUT2D eigenvalue weighted by Gasteiger charge is 2.01. The second-order valence-corrected chi connectivity index (χ2v) is 5.90. The van der Waals surface area contributed by atoms with E-state index in [-0.39, 0.29) is 0 Å². The second kappa shape index (κ2) is 7.31. The smallest absolute Gasteiger partial charge is 0.122 e. The van der Waals surface area contributed by atoms with Gasteiger partial charge in [-0.15, -0.1) is 11.3 Å². The standard InChI is InChI=1S/C16H21NOS/c1-3-9-17-11-15-7-8-16(19-15)12-18-14-6-4-5-13(2)10-14/h4-8,10,17H,3,9,11-12H2,1-2H3. The highest BCUT2D eigenvalue weighted by Crippen LogP contribution is 2.20. The van der Waals surface area contributed by atoms with Gasteiger partial charge in [0.05, 0.1) is 0 Å². The molecule has 0 unspecified atom stereocenters. The van der Waals surface area contributed by atoms with Crippen LogP contribution in [0.2, 0.25) is 0 Å². The van der Waals surface area contributed by atoms with Crippen LogP contribution in [0.1, 0.15) is 28.7 Å². The van der Waals surface area contributed by atoms with Crippen LogP contribution in [0.15, 0.2) is 36.4 Å². The van der Waals surface area contributed by atoms with E-state index in [0.717, 1.165) is 18.8 Å². The van der Waals surface area contributed by atoms with E-state index in [4.69, 9.17) is 4.74 Å². The molecule has 1 aromatic heterocycles. The molecule has 0 fully saturated rings. The largest absolute Gasteiger partial charge is 0.488 e. The monoisotopic (exact) mass is 275 g/mol. The summed E-state index contributed by atoms with van der Waals surface area (Å²) < 4.78 is 5.80. The third-order valence-corrected chi connectivity index (χ3v) is 3.87. The van der Waals surface area contributed by atoms with Gasteiger partial charge in [0.2, 0.25) is 0 Å². The minimum atomic E-state index is 0.655. The van der Waals surface area contributed by atoms with Crippen LogP contribution in [0.4, 0.5) is 0 Å². The molecular weight excluding hydrogens is 254 g/mol. The van der Waals surface area contributed by atoms with E-state index >= 15 is 0 Å². The van der Waals surface area contributed by atoms with E-state index < -0.39 is 0 Å². The molecule has 102 valence electrons. The summed E-state index contributed by atoms with van der Waals surface area (Å²) in [5, 5.41) is 3.42. The van der Waals surface area contributed by atoms with Crippen molar-refractivity contribution in [2.45, 2.75) is 33.4 Å². The molecule has 0 aliphatic carbocycles. The van der Waals surface area contributed by atoms with Gasteiger partial charge in [0.25, 0.3) is 0 Å². The lowest BCUT2D eigenvalue weighted by atomic mass is 10.2. The first-order chi connectivity index (χ1) is 9.28. The van der Waals surface area contributed by atoms with Crippen molar-refractivity contribution in [2.75, 3.05) is 6.54 Å². The van der Waals surface area contributed by atoms with E-state index in [1.807, 2.05) is 23.5 Å². The molecule has 1 N–H and O–H groups in total. The zero-order chi connectivity index (χ0) is 13.5. The van der Waals surface area contributed by atoms with Gasteiger partial charge in [-0.3, -0.25) is 0 Å². The molecule has 2 nitrogen and oxygen atoms in total. The Morgan fingerprint density at radius 3 is 2.79 bits per heavy atom. The first-order valence-electron chi connectivity index (χ1n) is 6.75. The summed E-state index contributed by atoms with van der Waals surface area (Å²) >= 11 is 1.82. The maximum Gasteiger partial charge on any atom is 0.122 e. The molecule has 0 saturated carbocycles. The van der Waals surface area contributed by atoms with Gasteiger partial charge in [-0.1, -0.05) is 19.1 Å². The lowest BCUT2D eigenvalue weighted by Gasteiger charge is -2.05. The molecule has 0 spiro atoms. The molecule has 0 saturated heterocycles. The number of hydrogen-bond donors (Lipinski definition) is 1. The molecule has 0 bridgehead atoms. The van der Waals surface area contributed by atoms with E-state index in [0.29, 0.717) is 6.61 Å². The number of ether oxygens (including phenoxy) is 1. The molecule has 1 aromatic carbocycles. The number of benzene rings is 1. The molecule has 0 amide bonds. The summed E-state index contributed by atoms with van der Waals surface area (Å²) in [6, 6.07) is 12.5. The minimum absolute atomic E-state index is 0.655. The number of thiophene rings is 1. The summed E-state index contributed by atoms with van der Waals surface area (Å²) in [5.74, 6) is 0.944. The fourth-order valence-corrected chi connectivity index (χ4v) is 2.74. The third kappa shape index (κ3) is 4.69. The van der Waals surface area contributed by atoms with Gasteiger partial charge >= 0.3 is 0 Å². The first-order valence-corrected chi connectivity index (χ1v) is 7.57. The Labute approximate surface area is 119 Å². The Hall–Kier alpha value is -1.32. The third-order valence-electron chi connectivity index (χ3n) is 2.81. The highest BCUT2D eigenvalue weighted by atomic mass is 32.1. The molecule has 2 rings (SSSR count). The minimum Gasteiger partial charge on any atom is -0.488 e. The van der Waals surface area contributed by atoms with Crippen LogP contribution < -0.4 is 10.1 Å². The van der Waals surface area contributed by atoms with E-state index in [9.17, 15) is 0 Å². The number of nitrogens with one attached hydrogen (secondary N) is 1. The Morgan fingerprint density at radius 1 is 1.16 bits per heavy atom. The Morgan fingerprint density at radius 2 is 2.00 bits per heavy atom. The predicted octanol–water partition coefficient (Wildman–Crippen LogP) is 4.14. The normalized spacial score (nSPS) is 10.6. The average Bonchev–Trinajstić information content (AvgIpc) is 2.85. The second-order valence-electron chi connectivity index (χ2n) is 4.65. The summed E-state index contributed by atoms with van der Waals surface area (Å²) in [4.78, 5) is 2.64. The Balaban J connectivity index is 1.83. The quantitative estimate of drug-likeness (QED) is 0.767. The van der Waals surface area contributed by atoms with Crippen molar-refractivity contribution in [3.05, 3.63) is 51.7 Å². The van der Waals surface area contributed by atoms with Gasteiger partial charge in [0, 0.05) is 16.3 Å². The Kier molecular flexibility index (Phi) is 5.43. The Bertz CT molecular complexity index is 507. The highest BCUT2D eigenvalue weighted by molar-refractivity contribution is 7.11. The first kappa shape index (κ1) is 14.1. The van der Waals surface area contributed by atoms with Gasteiger partial charge < -0.3 is 10.1 Å². The van der Waals surface area contributed by atoms with Crippen molar-refractivity contribution >= 4 is 11.3 Å². The van der Waals surface area contributed by atoms with Crippen LogP contribution in [0, 0.1) is 6.92 Å². The van der Waals surface area contributed by atoms with Gasteiger partial charge in [0.1, 0.15) is 12.4 Å². The molecule has 2 aromatic rings. The van der Waals surface area contributed by atoms with Crippen molar-refractivity contribution in [3.8, 4) is 5.75 Å². The topological polar surface area (TPSA) is 21.3 Å². The number of rotatable bonds is 7. The fourth-order valence-electron chi connectivity index (χ4n) is 1.84. The van der Waals surface area contributed by atoms with E-state index in [1.165, 1.54) is 21.7 Å². The number of hydrogen-bond acceptors (Lipinski definition) is 3. The predicted molar refractivity (Wildman–Crippen MR) is 81.8 cm³/mol. The zero-order valence-corrected chi connectivity index (χ0v) is 12.4. The van der Waals surface area contributed by atoms with E-state index in [1.54, 1.807) is 0 Å². The van der Waals surface area contributed by atoms with Gasteiger partial charge in [-0.25, -0.2) is 0 Å². The molecule has 0 aliphatic rings. The van der Waals surface area contributed by atoms with Gasteiger partial charge in [-0.2, -0.15) is 0 Å². The van der Waals surface area contributed by atoms with Gasteiger partial charge in [-0.05, 0) is 49.7 Å². The lowest BCUT2D eigenvalue weighted by molar-refractivity contribution is 0.309. The zero-order valence-electron chi connectivity index (χ0n) is 11.6. The lowest BCUT2D eigenvalue weighted by Crippen LogP contribution is -2.12. The maximum absolute atomic E-state index is 5.80. The molecule has 0 atom stereocenters. The SMILES string of the molecule is CCCNCc1ccc(COc2cccc(C)c2)s1. The molecule has 19 heavy (non-hydrogen) atoms. The van der Waals surface area contributed by atoms with Crippen molar-refractivity contribution < 1.29 is 4.74 Å². The summed E-state index contributed by atoms with van der Waals surface area (Å²) in [6.45, 7) is 6.95. The maximum atomic E-state index is 5.80. The molecule has 1 heterocycles. The van der Waals surface area contributed by atoms with Crippen LogP contribution in [0.25, 0.3) is 0 Å². The van der Waals surface area contributed by atoms with Crippen molar-refractivity contribution in [3.63, 3.8) is 0 Å². The fraction of sp³-hybridized carbons (Fsp3) is 0.375. The van der Waals surface area contributed by atoms with Crippen LogP contribution in [-0.2, 0) is 13.2 Å². The molecule has 0 aliphatic heterocycles. The van der Waals surface area contributed by atoms with Crippen molar-refractivity contribution in [2.24, 2.45) is 0 Å². The average molecular weight is 275 g/mol. The molecule has 3 heteroatoms. The van der Waals surface area contributed by atoms with Crippen molar-refractivity contribution in [1.29, 1.82) is 0 Å². The summed E-state index contributed by atoms with van der Waals surface area (Å²) in [7, 11) is 0. The number of aryl methyl sites for hydroxylation is 1. The van der Waals surface area contributed by atoms with Gasteiger partial charge in [0.15, 0.2) is 0 Å². The van der Waals surface area contributed by atoms with Crippen LogP contribution in [0.5, 0.6) is 5.75 Å². The molecular formula is C16H21NOS. The van der Waals surface area contributed by atoms with E-state index in [2.05, 4.69) is 43.4 Å². The summed E-state index contributed by atoms with van der Waals surface area (Å²) in [5.41, 5.74) is 1.23.